The lowest BCUT2D eigenvalue weighted by Gasteiger charge is -2.27. The van der Waals surface area contributed by atoms with Crippen molar-refractivity contribution in [2.45, 2.75) is 44.7 Å². The maximum absolute atomic E-state index is 12.2. The van der Waals surface area contributed by atoms with Gasteiger partial charge in [0, 0.05) is 17.6 Å². The van der Waals surface area contributed by atoms with Crippen LogP contribution in [0.15, 0.2) is 0 Å². The van der Waals surface area contributed by atoms with Crippen molar-refractivity contribution < 1.29 is 9.53 Å². The summed E-state index contributed by atoms with van der Waals surface area (Å²) in [5.41, 5.74) is 10.6. The standard InChI is InChI=1S/C13H27N3O2/c1-11(2,14)8-13(9-12(13,3)15)10(17)18-7-6-16(4)5/h6-9,14-15H2,1-5H3. The number of carbonyl (C=O) groups is 1. The van der Waals surface area contributed by atoms with Gasteiger partial charge in [0.2, 0.25) is 0 Å². The Hall–Kier alpha value is -0.650. The smallest absolute Gasteiger partial charge is 0.314 e. The molecule has 1 fully saturated rings. The molecule has 0 aromatic carbocycles. The van der Waals surface area contributed by atoms with Crippen LogP contribution in [0.1, 0.15) is 33.6 Å². The van der Waals surface area contributed by atoms with Crippen molar-refractivity contribution >= 4 is 5.97 Å². The molecule has 0 amide bonds. The van der Waals surface area contributed by atoms with Gasteiger partial charge in [-0.1, -0.05) is 0 Å². The van der Waals surface area contributed by atoms with Crippen molar-refractivity contribution in [1.82, 2.24) is 4.90 Å². The molecule has 18 heavy (non-hydrogen) atoms. The summed E-state index contributed by atoms with van der Waals surface area (Å²) in [7, 11) is 3.88. The molecule has 5 nitrogen and oxygen atoms in total. The highest BCUT2D eigenvalue weighted by Crippen LogP contribution is 2.59. The average molecular weight is 257 g/mol. The Balaban J connectivity index is 2.62. The number of esters is 1. The summed E-state index contributed by atoms with van der Waals surface area (Å²) in [6, 6.07) is 0. The van der Waals surface area contributed by atoms with Crippen LogP contribution in [-0.2, 0) is 9.53 Å². The maximum atomic E-state index is 12.2. The van der Waals surface area contributed by atoms with E-state index in [1.165, 1.54) is 0 Å². The minimum Gasteiger partial charge on any atom is -0.464 e. The molecule has 0 bridgehead atoms. The van der Waals surface area contributed by atoms with E-state index in [4.69, 9.17) is 16.2 Å². The fourth-order valence-electron chi connectivity index (χ4n) is 2.46. The van der Waals surface area contributed by atoms with Crippen LogP contribution in [0.4, 0.5) is 0 Å². The number of nitrogens with two attached hydrogens (primary N) is 2. The summed E-state index contributed by atoms with van der Waals surface area (Å²) >= 11 is 0. The normalized spacial score (nSPS) is 31.6. The first kappa shape index (κ1) is 15.4. The summed E-state index contributed by atoms with van der Waals surface area (Å²) in [5, 5.41) is 0. The molecule has 0 aliphatic heterocycles. The van der Waals surface area contributed by atoms with Crippen molar-refractivity contribution in [1.29, 1.82) is 0 Å². The Kier molecular flexibility index (Phi) is 4.10. The van der Waals surface area contributed by atoms with Gasteiger partial charge >= 0.3 is 5.97 Å². The van der Waals surface area contributed by atoms with E-state index in [-0.39, 0.29) is 5.97 Å². The van der Waals surface area contributed by atoms with Crippen LogP contribution in [-0.4, -0.2) is 49.2 Å². The number of likely N-dealkylation sites (N-methyl/N-ethyl adjacent to an activating group) is 1. The second-order valence-corrected chi connectivity index (χ2v) is 6.78. The topological polar surface area (TPSA) is 81.6 Å². The van der Waals surface area contributed by atoms with E-state index in [9.17, 15) is 4.79 Å². The molecule has 0 radical (unpaired) electrons. The first-order valence-electron chi connectivity index (χ1n) is 6.40. The van der Waals surface area contributed by atoms with Crippen molar-refractivity contribution in [2.75, 3.05) is 27.2 Å². The Morgan fingerprint density at radius 3 is 2.28 bits per heavy atom. The van der Waals surface area contributed by atoms with Gasteiger partial charge in [-0.15, -0.1) is 0 Å². The van der Waals surface area contributed by atoms with Gasteiger partial charge in [-0.05, 0) is 47.7 Å². The molecule has 2 unspecified atom stereocenters. The monoisotopic (exact) mass is 257 g/mol. The first-order valence-corrected chi connectivity index (χ1v) is 6.40. The summed E-state index contributed by atoms with van der Waals surface area (Å²) in [6.07, 6.45) is 1.22. The van der Waals surface area contributed by atoms with Crippen LogP contribution in [0.2, 0.25) is 0 Å². The van der Waals surface area contributed by atoms with Crippen LogP contribution in [0.3, 0.4) is 0 Å². The van der Waals surface area contributed by atoms with Gasteiger partial charge in [0.05, 0.1) is 5.41 Å². The predicted molar refractivity (Wildman–Crippen MR) is 72.0 cm³/mol. The van der Waals surface area contributed by atoms with Crippen molar-refractivity contribution in [3.05, 3.63) is 0 Å². The third-order valence-corrected chi connectivity index (χ3v) is 3.56. The zero-order valence-electron chi connectivity index (χ0n) is 12.2. The van der Waals surface area contributed by atoms with E-state index >= 15 is 0 Å². The van der Waals surface area contributed by atoms with Crippen LogP contribution in [0, 0.1) is 5.41 Å². The van der Waals surface area contributed by atoms with E-state index in [2.05, 4.69) is 0 Å². The van der Waals surface area contributed by atoms with Gasteiger partial charge in [0.15, 0.2) is 0 Å². The molecule has 2 atom stereocenters. The number of hydrogen-bond acceptors (Lipinski definition) is 5. The Bertz CT molecular complexity index is 321. The van der Waals surface area contributed by atoms with Crippen LogP contribution >= 0.6 is 0 Å². The van der Waals surface area contributed by atoms with E-state index in [1.807, 2.05) is 39.8 Å². The second-order valence-electron chi connectivity index (χ2n) is 6.78. The van der Waals surface area contributed by atoms with Gasteiger partial charge < -0.3 is 21.1 Å². The number of carbonyl (C=O) groups excluding carboxylic acids is 1. The molecule has 5 heteroatoms. The van der Waals surface area contributed by atoms with E-state index in [1.54, 1.807) is 0 Å². The molecule has 1 aliphatic rings. The molecule has 0 heterocycles. The van der Waals surface area contributed by atoms with Gasteiger partial charge in [-0.2, -0.15) is 0 Å². The molecular formula is C13H27N3O2. The third-order valence-electron chi connectivity index (χ3n) is 3.56. The second kappa shape index (κ2) is 4.79. The molecule has 0 saturated heterocycles. The minimum absolute atomic E-state index is 0.201. The zero-order chi connectivity index (χ0) is 14.2. The molecule has 1 rings (SSSR count). The summed E-state index contributed by atoms with van der Waals surface area (Å²) in [6.45, 7) is 6.84. The average Bonchev–Trinajstić information content (AvgIpc) is 2.65. The minimum atomic E-state index is -0.600. The molecule has 0 spiro atoms. The van der Waals surface area contributed by atoms with Crippen LogP contribution in [0.25, 0.3) is 0 Å². The lowest BCUT2D eigenvalue weighted by Crippen LogP contribution is -2.43. The molecule has 0 aromatic rings. The van der Waals surface area contributed by atoms with Gasteiger partial charge in [-0.3, -0.25) is 4.79 Å². The summed E-state index contributed by atoms with van der Waals surface area (Å²) in [5.74, 6) is -0.201. The Morgan fingerprint density at radius 1 is 1.44 bits per heavy atom. The van der Waals surface area contributed by atoms with Gasteiger partial charge in [0.25, 0.3) is 0 Å². The predicted octanol–water partition coefficient (Wildman–Crippen LogP) is 0.326. The summed E-state index contributed by atoms with van der Waals surface area (Å²) in [4.78, 5) is 14.2. The molecule has 106 valence electrons. The fourth-order valence-corrected chi connectivity index (χ4v) is 2.46. The number of rotatable bonds is 6. The number of nitrogens with zero attached hydrogens (tertiary/aromatic N) is 1. The number of ether oxygens (including phenoxy) is 1. The van der Waals surface area contributed by atoms with Gasteiger partial charge in [-0.25, -0.2) is 0 Å². The molecule has 4 N–H and O–H groups in total. The first-order chi connectivity index (χ1) is 8.00. The Labute approximate surface area is 110 Å². The lowest BCUT2D eigenvalue weighted by molar-refractivity contribution is -0.152. The zero-order valence-corrected chi connectivity index (χ0v) is 12.2. The summed E-state index contributed by atoms with van der Waals surface area (Å²) < 4.78 is 5.35. The van der Waals surface area contributed by atoms with Crippen molar-refractivity contribution in [3.63, 3.8) is 0 Å². The van der Waals surface area contributed by atoms with Crippen LogP contribution < -0.4 is 11.5 Å². The van der Waals surface area contributed by atoms with E-state index in [0.717, 1.165) is 6.54 Å². The van der Waals surface area contributed by atoms with E-state index < -0.39 is 16.5 Å². The maximum Gasteiger partial charge on any atom is 0.314 e. The van der Waals surface area contributed by atoms with Crippen molar-refractivity contribution in [2.24, 2.45) is 16.9 Å². The van der Waals surface area contributed by atoms with Crippen LogP contribution in [0.5, 0.6) is 0 Å². The SMILES string of the molecule is CN(C)CCOC(=O)C1(CC(C)(C)N)CC1(C)N. The molecule has 1 saturated carbocycles. The van der Waals surface area contributed by atoms with Crippen molar-refractivity contribution in [3.8, 4) is 0 Å². The number of hydrogen-bond donors (Lipinski definition) is 2. The molecule has 1 aliphatic carbocycles. The quantitative estimate of drug-likeness (QED) is 0.670. The highest BCUT2D eigenvalue weighted by atomic mass is 16.5. The molecule has 0 aromatic heterocycles. The highest BCUT2D eigenvalue weighted by Gasteiger charge is 2.69. The Morgan fingerprint density at radius 2 is 1.94 bits per heavy atom. The lowest BCUT2D eigenvalue weighted by atomic mass is 9.86. The largest absolute Gasteiger partial charge is 0.464 e. The van der Waals surface area contributed by atoms with Gasteiger partial charge in [0.1, 0.15) is 6.61 Å². The van der Waals surface area contributed by atoms with E-state index in [0.29, 0.717) is 19.4 Å². The highest BCUT2D eigenvalue weighted by molar-refractivity contribution is 5.83. The fraction of sp³-hybridized carbons (Fsp3) is 0.923. The molecular weight excluding hydrogens is 230 g/mol. The third kappa shape index (κ3) is 3.43.